The number of aromatic nitrogens is 1. The molecule has 1 aromatic heterocycles. The van der Waals surface area contributed by atoms with Gasteiger partial charge in [-0.05, 0) is 30.2 Å². The summed E-state index contributed by atoms with van der Waals surface area (Å²) < 4.78 is 6.80. The van der Waals surface area contributed by atoms with Crippen molar-refractivity contribution in [3.05, 3.63) is 50.4 Å². The van der Waals surface area contributed by atoms with Crippen molar-refractivity contribution in [2.45, 2.75) is 33.6 Å². The maximum atomic E-state index is 5.71. The molecule has 0 unspecified atom stereocenters. The van der Waals surface area contributed by atoms with E-state index in [-0.39, 0.29) is 0 Å². The lowest BCUT2D eigenvalue weighted by atomic mass is 10.2. The normalized spacial score (nSPS) is 11.2. The summed E-state index contributed by atoms with van der Waals surface area (Å²) in [7, 11) is 0. The molecule has 0 spiro atoms. The molecule has 0 fully saturated rings. The first-order valence-corrected chi connectivity index (χ1v) is 8.77. The van der Waals surface area contributed by atoms with Crippen LogP contribution in [0.3, 0.4) is 0 Å². The second-order valence-electron chi connectivity index (χ2n) is 5.38. The number of hydrogen-bond acceptors (Lipinski definition) is 4. The van der Waals surface area contributed by atoms with Crippen LogP contribution in [0.15, 0.2) is 34.1 Å². The highest BCUT2D eigenvalue weighted by Gasteiger charge is 2.03. The molecule has 0 amide bonds. The zero-order chi connectivity index (χ0) is 15.1. The Morgan fingerprint density at radius 3 is 2.71 bits per heavy atom. The number of benzene rings is 1. The highest BCUT2D eigenvalue weighted by molar-refractivity contribution is 9.10. The molecule has 2 aromatic rings. The summed E-state index contributed by atoms with van der Waals surface area (Å²) >= 11 is 5.12. The van der Waals surface area contributed by atoms with Gasteiger partial charge < -0.3 is 10.1 Å². The van der Waals surface area contributed by atoms with Gasteiger partial charge in [0.05, 0.1) is 18.9 Å². The van der Waals surface area contributed by atoms with Crippen LogP contribution in [0.25, 0.3) is 0 Å². The number of nitrogens with zero attached hydrogens (tertiary/aromatic N) is 1. The van der Waals surface area contributed by atoms with E-state index < -0.39 is 0 Å². The van der Waals surface area contributed by atoms with Crippen LogP contribution in [-0.4, -0.2) is 11.5 Å². The number of rotatable bonds is 8. The molecular weight excluding hydrogens is 348 g/mol. The van der Waals surface area contributed by atoms with E-state index in [9.17, 15) is 0 Å². The Hall–Kier alpha value is -0.750. The van der Waals surface area contributed by atoms with Crippen LogP contribution in [0.1, 0.15) is 30.1 Å². The molecule has 0 aliphatic carbocycles. The van der Waals surface area contributed by atoms with Crippen LogP contribution in [0.4, 0.5) is 0 Å². The van der Waals surface area contributed by atoms with Crippen LogP contribution in [0.5, 0.6) is 0 Å². The molecule has 114 valence electrons. The Kier molecular flexibility index (Phi) is 6.83. The van der Waals surface area contributed by atoms with E-state index >= 15 is 0 Å². The summed E-state index contributed by atoms with van der Waals surface area (Å²) in [5.74, 6) is 0.665. The number of thiazole rings is 1. The third kappa shape index (κ3) is 6.26. The quantitative estimate of drug-likeness (QED) is 0.750. The van der Waals surface area contributed by atoms with Crippen molar-refractivity contribution in [3.63, 3.8) is 0 Å². The number of hydrogen-bond donors (Lipinski definition) is 1. The first-order valence-electron chi connectivity index (χ1n) is 7.09. The van der Waals surface area contributed by atoms with E-state index in [4.69, 9.17) is 4.74 Å². The van der Waals surface area contributed by atoms with E-state index in [1.807, 2.05) is 12.1 Å². The second-order valence-corrected chi connectivity index (χ2v) is 7.23. The largest absolute Gasteiger partial charge is 0.370 e. The maximum absolute atomic E-state index is 5.71. The van der Waals surface area contributed by atoms with E-state index in [1.54, 1.807) is 11.3 Å². The Morgan fingerprint density at radius 2 is 2.00 bits per heavy atom. The van der Waals surface area contributed by atoms with Gasteiger partial charge in [0.2, 0.25) is 0 Å². The standard InChI is InChI=1S/C16H21BrN2OS/c1-12(2)7-18-8-16-19-15(11-21-16)10-20-9-13-3-5-14(17)6-4-13/h3-6,11-12,18H,7-10H2,1-2H3. The highest BCUT2D eigenvalue weighted by Crippen LogP contribution is 2.13. The molecule has 0 radical (unpaired) electrons. The van der Waals surface area contributed by atoms with Crippen molar-refractivity contribution in [2.75, 3.05) is 6.54 Å². The van der Waals surface area contributed by atoms with E-state index in [1.165, 1.54) is 5.56 Å². The third-order valence-electron chi connectivity index (χ3n) is 2.86. The Morgan fingerprint density at radius 1 is 1.24 bits per heavy atom. The van der Waals surface area contributed by atoms with Crippen LogP contribution in [-0.2, 0) is 24.5 Å². The summed E-state index contributed by atoms with van der Waals surface area (Å²) in [5.41, 5.74) is 2.19. The first-order chi connectivity index (χ1) is 10.1. The molecule has 0 bridgehead atoms. The van der Waals surface area contributed by atoms with Gasteiger partial charge in [-0.25, -0.2) is 4.98 Å². The minimum absolute atomic E-state index is 0.566. The van der Waals surface area contributed by atoms with E-state index in [0.717, 1.165) is 28.3 Å². The monoisotopic (exact) mass is 368 g/mol. The molecule has 5 heteroatoms. The van der Waals surface area contributed by atoms with Crippen molar-refractivity contribution in [1.29, 1.82) is 0 Å². The summed E-state index contributed by atoms with van der Waals surface area (Å²) in [6.45, 7) is 7.46. The first kappa shape index (κ1) is 16.6. The fourth-order valence-corrected chi connectivity index (χ4v) is 2.83. The zero-order valence-corrected chi connectivity index (χ0v) is 14.8. The smallest absolute Gasteiger partial charge is 0.107 e. The molecule has 0 saturated carbocycles. The summed E-state index contributed by atoms with van der Waals surface area (Å²) in [6, 6.07) is 8.18. The predicted molar refractivity (Wildman–Crippen MR) is 91.3 cm³/mol. The topological polar surface area (TPSA) is 34.2 Å². The average molecular weight is 369 g/mol. The second kappa shape index (κ2) is 8.63. The van der Waals surface area contributed by atoms with Gasteiger partial charge in [0.15, 0.2) is 0 Å². The minimum Gasteiger partial charge on any atom is -0.370 e. The fourth-order valence-electron chi connectivity index (χ4n) is 1.82. The molecule has 2 rings (SSSR count). The predicted octanol–water partition coefficient (Wildman–Crippen LogP) is 4.37. The van der Waals surface area contributed by atoms with Gasteiger partial charge in [0.1, 0.15) is 5.01 Å². The lowest BCUT2D eigenvalue weighted by Crippen LogP contribution is -2.18. The fraction of sp³-hybridized carbons (Fsp3) is 0.438. The minimum atomic E-state index is 0.566. The van der Waals surface area contributed by atoms with Crippen LogP contribution < -0.4 is 5.32 Å². The van der Waals surface area contributed by atoms with Crippen molar-refractivity contribution >= 4 is 27.3 Å². The van der Waals surface area contributed by atoms with Gasteiger partial charge in [0.25, 0.3) is 0 Å². The molecule has 1 N–H and O–H groups in total. The van der Waals surface area contributed by atoms with Crippen LogP contribution in [0, 0.1) is 5.92 Å². The molecule has 0 atom stereocenters. The summed E-state index contributed by atoms with van der Waals surface area (Å²) in [4.78, 5) is 4.58. The molecule has 3 nitrogen and oxygen atoms in total. The Labute approximate surface area is 138 Å². The van der Waals surface area contributed by atoms with Gasteiger partial charge in [-0.15, -0.1) is 11.3 Å². The van der Waals surface area contributed by atoms with E-state index in [2.05, 4.69) is 57.6 Å². The molecule has 1 heterocycles. The van der Waals surface area contributed by atoms with Gasteiger partial charge in [-0.2, -0.15) is 0 Å². The lowest BCUT2D eigenvalue weighted by molar-refractivity contribution is 0.105. The number of ether oxygens (including phenoxy) is 1. The molecule has 0 aliphatic heterocycles. The van der Waals surface area contributed by atoms with E-state index in [0.29, 0.717) is 19.1 Å². The van der Waals surface area contributed by atoms with Gasteiger partial charge in [-0.3, -0.25) is 0 Å². The van der Waals surface area contributed by atoms with Crippen molar-refractivity contribution in [2.24, 2.45) is 5.92 Å². The molecule has 1 aromatic carbocycles. The number of nitrogens with one attached hydrogen (secondary N) is 1. The Balaban J connectivity index is 1.71. The molecular formula is C16H21BrN2OS. The van der Waals surface area contributed by atoms with Gasteiger partial charge in [0, 0.05) is 16.4 Å². The summed E-state index contributed by atoms with van der Waals surface area (Å²) in [5, 5.41) is 6.60. The zero-order valence-electron chi connectivity index (χ0n) is 12.4. The van der Waals surface area contributed by atoms with Crippen molar-refractivity contribution < 1.29 is 4.74 Å². The Bertz CT molecular complexity index is 539. The third-order valence-corrected chi connectivity index (χ3v) is 4.29. The number of halogens is 1. The lowest BCUT2D eigenvalue weighted by Gasteiger charge is -2.05. The van der Waals surface area contributed by atoms with Crippen molar-refractivity contribution in [1.82, 2.24) is 10.3 Å². The van der Waals surface area contributed by atoms with Crippen LogP contribution >= 0.6 is 27.3 Å². The molecule has 21 heavy (non-hydrogen) atoms. The van der Waals surface area contributed by atoms with Crippen LogP contribution in [0.2, 0.25) is 0 Å². The average Bonchev–Trinajstić information content (AvgIpc) is 2.88. The maximum Gasteiger partial charge on any atom is 0.107 e. The molecule has 0 saturated heterocycles. The molecule has 0 aliphatic rings. The van der Waals surface area contributed by atoms with Gasteiger partial charge in [-0.1, -0.05) is 41.9 Å². The SMILES string of the molecule is CC(C)CNCc1nc(COCc2ccc(Br)cc2)cs1. The highest BCUT2D eigenvalue weighted by atomic mass is 79.9. The van der Waals surface area contributed by atoms with Gasteiger partial charge >= 0.3 is 0 Å². The van der Waals surface area contributed by atoms with Crippen molar-refractivity contribution in [3.8, 4) is 0 Å². The summed E-state index contributed by atoms with van der Waals surface area (Å²) in [6.07, 6.45) is 0.